The van der Waals surface area contributed by atoms with Crippen molar-refractivity contribution in [2.75, 3.05) is 0 Å². The first kappa shape index (κ1) is 15.0. The van der Waals surface area contributed by atoms with E-state index in [-0.39, 0.29) is 5.75 Å². The first-order valence-corrected chi connectivity index (χ1v) is 7.47. The normalized spacial score (nSPS) is 11.7. The highest BCUT2D eigenvalue weighted by molar-refractivity contribution is 7.99. The van der Waals surface area contributed by atoms with Crippen molar-refractivity contribution in [1.82, 2.24) is 0 Å². The zero-order chi connectivity index (χ0) is 15.7. The Hall–Kier alpha value is -1.89. The second kappa shape index (κ2) is 6.08. The van der Waals surface area contributed by atoms with Gasteiger partial charge in [0.25, 0.3) is 0 Å². The highest BCUT2D eigenvalue weighted by Gasteiger charge is 2.20. The molecule has 0 unspecified atom stereocenters. The molecule has 112 valence electrons. The second-order valence-electron chi connectivity index (χ2n) is 4.10. The fourth-order valence-corrected chi connectivity index (χ4v) is 2.99. The third-order valence-corrected chi connectivity index (χ3v) is 3.92. The summed E-state index contributed by atoms with van der Waals surface area (Å²) in [6, 6.07) is 9.77. The van der Waals surface area contributed by atoms with Crippen LogP contribution in [0.2, 0.25) is 0 Å². The number of carbonyl (C=O) groups excluding carboxylic acids is 2. The molecular weight excluding hydrogens is 351 g/mol. The third-order valence-electron chi connectivity index (χ3n) is 2.67. The molecule has 1 aliphatic heterocycles. The van der Waals surface area contributed by atoms with E-state index in [1.807, 2.05) is 0 Å². The minimum absolute atomic E-state index is 0.287. The maximum absolute atomic E-state index is 10.8. The van der Waals surface area contributed by atoms with E-state index in [1.54, 1.807) is 36.4 Å². The molecule has 0 fully saturated rings. The van der Waals surface area contributed by atoms with Gasteiger partial charge in [0.1, 0.15) is 23.0 Å². The number of ether oxygens (including phenoxy) is 3. The largest absolute Gasteiger partial charge is 0.455 e. The van der Waals surface area contributed by atoms with Gasteiger partial charge < -0.3 is 14.2 Å². The molecule has 0 amide bonds. The van der Waals surface area contributed by atoms with Crippen LogP contribution in [0.5, 0.6) is 23.0 Å². The molecule has 3 rings (SSSR count). The molecule has 0 bridgehead atoms. The smallest absolute Gasteiger partial charge is 0.409 e. The maximum atomic E-state index is 10.8. The summed E-state index contributed by atoms with van der Waals surface area (Å²) < 4.78 is 15.3. The Balaban J connectivity index is 1.88. The lowest BCUT2D eigenvalue weighted by Gasteiger charge is -2.20. The van der Waals surface area contributed by atoms with Crippen LogP contribution in [0.4, 0.5) is 9.59 Å². The van der Waals surface area contributed by atoms with Crippen molar-refractivity contribution < 1.29 is 23.8 Å². The molecule has 1 aliphatic rings. The van der Waals surface area contributed by atoms with Gasteiger partial charge in [-0.2, -0.15) is 0 Å². The Morgan fingerprint density at radius 2 is 1.50 bits per heavy atom. The quantitative estimate of drug-likeness (QED) is 0.571. The molecule has 0 aliphatic carbocycles. The van der Waals surface area contributed by atoms with Gasteiger partial charge in [-0.1, -0.05) is 11.8 Å². The first-order valence-electron chi connectivity index (χ1n) is 5.90. The average molecular weight is 357 g/mol. The monoisotopic (exact) mass is 356 g/mol. The van der Waals surface area contributed by atoms with E-state index in [1.165, 1.54) is 11.8 Å². The molecule has 0 radical (unpaired) electrons. The standard InChI is InChI=1S/C14H6Cl2O5S/c15-13(17)19-7-2-4-11-10(5-7)21-9-3-1-8(20-14(16)18)6-12(9)22-11/h1-6H. The fraction of sp³-hybridized carbons (Fsp3) is 0. The van der Waals surface area contributed by atoms with Crippen LogP contribution >= 0.6 is 35.0 Å². The average Bonchev–Trinajstić information content (AvgIpc) is 2.44. The molecule has 0 atom stereocenters. The van der Waals surface area contributed by atoms with Crippen LogP contribution < -0.4 is 14.2 Å². The Morgan fingerprint density at radius 3 is 2.18 bits per heavy atom. The molecule has 0 aromatic heterocycles. The summed E-state index contributed by atoms with van der Waals surface area (Å²) in [7, 11) is 0. The van der Waals surface area contributed by atoms with Crippen LogP contribution in [0.25, 0.3) is 0 Å². The van der Waals surface area contributed by atoms with Gasteiger partial charge >= 0.3 is 10.9 Å². The zero-order valence-corrected chi connectivity index (χ0v) is 13.0. The van der Waals surface area contributed by atoms with Gasteiger partial charge in [0, 0.05) is 29.3 Å². The van der Waals surface area contributed by atoms with Gasteiger partial charge in [0.2, 0.25) is 0 Å². The van der Waals surface area contributed by atoms with Gasteiger partial charge in [-0.3, -0.25) is 0 Å². The Labute approximate surface area is 139 Å². The molecule has 0 N–H and O–H groups in total. The summed E-state index contributed by atoms with van der Waals surface area (Å²) in [5, 5.41) is 0. The second-order valence-corrected chi connectivity index (χ2v) is 5.80. The summed E-state index contributed by atoms with van der Waals surface area (Å²) >= 11 is 11.8. The molecule has 0 saturated heterocycles. The molecule has 1 heterocycles. The molecule has 22 heavy (non-hydrogen) atoms. The van der Waals surface area contributed by atoms with Crippen LogP contribution in [0.1, 0.15) is 0 Å². The van der Waals surface area contributed by atoms with E-state index in [9.17, 15) is 9.59 Å². The van der Waals surface area contributed by atoms with Gasteiger partial charge in [-0.15, -0.1) is 0 Å². The predicted molar refractivity (Wildman–Crippen MR) is 80.8 cm³/mol. The van der Waals surface area contributed by atoms with Crippen LogP contribution in [0.3, 0.4) is 0 Å². The summed E-state index contributed by atoms with van der Waals surface area (Å²) in [5.74, 6) is 1.73. The third kappa shape index (κ3) is 3.30. The number of carbonyl (C=O) groups is 2. The Morgan fingerprint density at radius 1 is 0.864 bits per heavy atom. The number of hydrogen-bond acceptors (Lipinski definition) is 6. The lowest BCUT2D eigenvalue weighted by Crippen LogP contribution is -2.00. The predicted octanol–water partition coefficient (Wildman–Crippen LogP) is 5.42. The molecule has 5 nitrogen and oxygen atoms in total. The van der Waals surface area contributed by atoms with E-state index in [4.69, 9.17) is 37.4 Å². The van der Waals surface area contributed by atoms with Crippen LogP contribution in [-0.4, -0.2) is 10.9 Å². The molecule has 8 heteroatoms. The van der Waals surface area contributed by atoms with E-state index in [0.717, 1.165) is 9.79 Å². The SMILES string of the molecule is O=C(Cl)Oc1ccc2c(c1)Oc1ccc(OC(=O)Cl)cc1S2. The summed E-state index contributed by atoms with van der Waals surface area (Å²) in [4.78, 5) is 23.1. The zero-order valence-electron chi connectivity index (χ0n) is 10.7. The fourth-order valence-electron chi connectivity index (χ4n) is 1.85. The summed E-state index contributed by atoms with van der Waals surface area (Å²) in [5.41, 5.74) is -1.83. The van der Waals surface area contributed by atoms with E-state index < -0.39 is 10.9 Å². The minimum Gasteiger partial charge on any atom is -0.455 e. The minimum atomic E-state index is -0.920. The van der Waals surface area contributed by atoms with E-state index in [0.29, 0.717) is 17.2 Å². The topological polar surface area (TPSA) is 61.8 Å². The van der Waals surface area contributed by atoms with Crippen molar-refractivity contribution in [2.24, 2.45) is 0 Å². The summed E-state index contributed by atoms with van der Waals surface area (Å²) in [6.45, 7) is 0. The van der Waals surface area contributed by atoms with Crippen molar-refractivity contribution in [2.45, 2.75) is 9.79 Å². The van der Waals surface area contributed by atoms with Gasteiger partial charge in [-0.05, 0) is 30.3 Å². The van der Waals surface area contributed by atoms with Crippen molar-refractivity contribution in [3.63, 3.8) is 0 Å². The van der Waals surface area contributed by atoms with Crippen molar-refractivity contribution in [3.8, 4) is 23.0 Å². The number of fused-ring (bicyclic) bond motifs is 2. The first-order chi connectivity index (χ1) is 10.5. The lowest BCUT2D eigenvalue weighted by atomic mass is 10.3. The van der Waals surface area contributed by atoms with Gasteiger partial charge in [0.05, 0.1) is 9.79 Å². The molecular formula is C14H6Cl2O5S. The van der Waals surface area contributed by atoms with E-state index >= 15 is 0 Å². The molecule has 2 aromatic carbocycles. The highest BCUT2D eigenvalue weighted by atomic mass is 35.5. The molecule has 0 spiro atoms. The van der Waals surface area contributed by atoms with Crippen LogP contribution in [0, 0.1) is 0 Å². The number of halogens is 2. The van der Waals surface area contributed by atoms with Crippen molar-refractivity contribution >= 4 is 45.8 Å². The van der Waals surface area contributed by atoms with Crippen LogP contribution in [0.15, 0.2) is 46.2 Å². The Bertz CT molecular complexity index is 712. The molecule has 2 aromatic rings. The maximum Gasteiger partial charge on any atom is 0.409 e. The van der Waals surface area contributed by atoms with Crippen molar-refractivity contribution in [1.29, 1.82) is 0 Å². The Kier molecular flexibility index (Phi) is 4.15. The van der Waals surface area contributed by atoms with Crippen molar-refractivity contribution in [3.05, 3.63) is 36.4 Å². The number of hydrogen-bond donors (Lipinski definition) is 0. The van der Waals surface area contributed by atoms with Crippen LogP contribution in [-0.2, 0) is 0 Å². The lowest BCUT2D eigenvalue weighted by molar-refractivity contribution is 0.224. The summed E-state index contributed by atoms with van der Waals surface area (Å²) in [6.07, 6.45) is 0. The molecule has 0 saturated carbocycles. The van der Waals surface area contributed by atoms with Gasteiger partial charge in [-0.25, -0.2) is 9.59 Å². The van der Waals surface area contributed by atoms with Gasteiger partial charge in [0.15, 0.2) is 0 Å². The highest BCUT2D eigenvalue weighted by Crippen LogP contribution is 2.49. The van der Waals surface area contributed by atoms with E-state index in [2.05, 4.69) is 0 Å². The number of rotatable bonds is 2. The number of benzene rings is 2.